The number of nitrogens with zero attached hydrogens (tertiary/aromatic N) is 2. The average molecular weight is 394 g/mol. The largest absolute Gasteiger partial charge is 0.436 e. The van der Waals surface area contributed by atoms with E-state index in [1.54, 1.807) is 31.2 Å². The number of alkyl halides is 3. The van der Waals surface area contributed by atoms with Crippen LogP contribution in [0.15, 0.2) is 59.8 Å². The van der Waals surface area contributed by atoms with Gasteiger partial charge in [-0.1, -0.05) is 42.1 Å². The lowest BCUT2D eigenvalue weighted by molar-refractivity contribution is -0.137. The van der Waals surface area contributed by atoms with Crippen molar-refractivity contribution in [2.75, 3.05) is 0 Å². The molecule has 27 heavy (non-hydrogen) atoms. The molecule has 0 bridgehead atoms. The van der Waals surface area contributed by atoms with E-state index in [-0.39, 0.29) is 17.4 Å². The number of hydrogen-bond donors (Lipinski definition) is 0. The van der Waals surface area contributed by atoms with Crippen LogP contribution in [0, 0.1) is 12.7 Å². The Morgan fingerprint density at radius 3 is 2.52 bits per heavy atom. The van der Waals surface area contributed by atoms with E-state index >= 15 is 0 Å². The van der Waals surface area contributed by atoms with Crippen LogP contribution in [-0.2, 0) is 11.9 Å². The van der Waals surface area contributed by atoms with E-state index in [0.717, 1.165) is 12.1 Å². The van der Waals surface area contributed by atoms with Crippen LogP contribution in [0.2, 0.25) is 0 Å². The summed E-state index contributed by atoms with van der Waals surface area (Å²) in [5, 5.41) is 0.332. The van der Waals surface area contributed by atoms with Crippen molar-refractivity contribution in [3.63, 3.8) is 0 Å². The second kappa shape index (κ2) is 7.96. The smallest absolute Gasteiger partial charge is 0.416 e. The fourth-order valence-corrected chi connectivity index (χ4v) is 3.09. The number of halogens is 4. The Morgan fingerprint density at radius 2 is 1.78 bits per heavy atom. The molecule has 0 N–H and O–H groups in total. The molecule has 0 amide bonds. The molecule has 2 aromatic carbocycles. The zero-order valence-corrected chi connectivity index (χ0v) is 14.9. The van der Waals surface area contributed by atoms with E-state index in [9.17, 15) is 17.6 Å². The minimum atomic E-state index is -4.39. The number of para-hydroxylation sites is 1. The molecule has 0 aliphatic heterocycles. The standard InChI is InChI=1S/C19H14F4N2OS/c1-12-9-17(26-16-8-3-2-7-15(16)20)25-18(24-12)27-11-13-5-4-6-14(10-13)19(21,22)23/h2-10H,11H2,1H3. The van der Waals surface area contributed by atoms with Crippen LogP contribution >= 0.6 is 11.8 Å². The van der Waals surface area contributed by atoms with E-state index in [0.29, 0.717) is 16.4 Å². The topological polar surface area (TPSA) is 35.0 Å². The number of aryl methyl sites for hydroxylation is 1. The summed E-state index contributed by atoms with van der Waals surface area (Å²) in [6.07, 6.45) is -4.39. The number of thioether (sulfide) groups is 1. The van der Waals surface area contributed by atoms with Crippen molar-refractivity contribution < 1.29 is 22.3 Å². The highest BCUT2D eigenvalue weighted by molar-refractivity contribution is 7.98. The molecule has 3 rings (SSSR count). The Kier molecular flexibility index (Phi) is 5.65. The summed E-state index contributed by atoms with van der Waals surface area (Å²) in [6, 6.07) is 12.6. The van der Waals surface area contributed by atoms with Gasteiger partial charge in [0.1, 0.15) is 0 Å². The Labute approximate surface area is 157 Å². The summed E-state index contributed by atoms with van der Waals surface area (Å²) in [4.78, 5) is 8.44. The van der Waals surface area contributed by atoms with Gasteiger partial charge in [0, 0.05) is 17.5 Å². The van der Waals surface area contributed by atoms with Crippen molar-refractivity contribution in [3.8, 4) is 11.6 Å². The highest BCUT2D eigenvalue weighted by atomic mass is 32.2. The first-order chi connectivity index (χ1) is 12.8. The molecule has 0 spiro atoms. The molecule has 1 heterocycles. The molecule has 140 valence electrons. The molecule has 8 heteroatoms. The van der Waals surface area contributed by atoms with Crippen LogP contribution in [0.3, 0.4) is 0 Å². The predicted octanol–water partition coefficient (Wildman–Crippen LogP) is 6.03. The van der Waals surface area contributed by atoms with Crippen molar-refractivity contribution in [1.82, 2.24) is 9.97 Å². The molecule has 0 fully saturated rings. The third-order valence-electron chi connectivity index (χ3n) is 3.48. The van der Waals surface area contributed by atoms with Gasteiger partial charge in [0.15, 0.2) is 16.7 Å². The van der Waals surface area contributed by atoms with Gasteiger partial charge in [0.25, 0.3) is 0 Å². The van der Waals surface area contributed by atoms with Gasteiger partial charge in [-0.3, -0.25) is 0 Å². The van der Waals surface area contributed by atoms with Crippen molar-refractivity contribution >= 4 is 11.8 Å². The van der Waals surface area contributed by atoms with Crippen LogP contribution in [0.25, 0.3) is 0 Å². The summed E-state index contributed by atoms with van der Waals surface area (Å²) in [6.45, 7) is 1.73. The third kappa shape index (κ3) is 5.19. The Bertz CT molecular complexity index is 947. The highest BCUT2D eigenvalue weighted by Gasteiger charge is 2.30. The summed E-state index contributed by atoms with van der Waals surface area (Å²) in [5.74, 6) is -0.0671. The molecule has 3 aromatic rings. The SMILES string of the molecule is Cc1cc(Oc2ccccc2F)nc(SCc2cccc(C(F)(F)F)c2)n1. The molecule has 3 nitrogen and oxygen atoms in total. The lowest BCUT2D eigenvalue weighted by atomic mass is 10.1. The lowest BCUT2D eigenvalue weighted by Gasteiger charge is -2.09. The van der Waals surface area contributed by atoms with E-state index in [1.165, 1.54) is 30.0 Å². The van der Waals surface area contributed by atoms with Crippen LogP contribution in [0.5, 0.6) is 11.6 Å². The molecule has 0 saturated heterocycles. The second-order valence-electron chi connectivity index (χ2n) is 5.65. The maximum Gasteiger partial charge on any atom is 0.416 e. The second-order valence-corrected chi connectivity index (χ2v) is 6.59. The zero-order valence-electron chi connectivity index (χ0n) is 14.1. The minimum Gasteiger partial charge on any atom is -0.436 e. The lowest BCUT2D eigenvalue weighted by Crippen LogP contribution is -2.05. The molecule has 1 aromatic heterocycles. The minimum absolute atomic E-state index is 0.0319. The predicted molar refractivity (Wildman–Crippen MR) is 94.2 cm³/mol. The van der Waals surface area contributed by atoms with Crippen LogP contribution in [0.4, 0.5) is 17.6 Å². The normalized spacial score (nSPS) is 11.4. The summed E-state index contributed by atoms with van der Waals surface area (Å²) < 4.78 is 57.6. The van der Waals surface area contributed by atoms with Gasteiger partial charge in [-0.2, -0.15) is 18.2 Å². The molecule has 0 atom stereocenters. The molecular formula is C19H14F4N2OS. The fraction of sp³-hybridized carbons (Fsp3) is 0.158. The first kappa shape index (κ1) is 19.2. The van der Waals surface area contributed by atoms with Gasteiger partial charge in [0.2, 0.25) is 5.88 Å². The molecule has 0 radical (unpaired) electrons. The number of hydrogen-bond acceptors (Lipinski definition) is 4. The molecular weight excluding hydrogens is 380 g/mol. The van der Waals surface area contributed by atoms with Crippen LogP contribution in [-0.4, -0.2) is 9.97 Å². The maximum absolute atomic E-state index is 13.7. The Balaban J connectivity index is 1.74. The van der Waals surface area contributed by atoms with Crippen molar-refractivity contribution in [3.05, 3.63) is 77.2 Å². The Hall–Kier alpha value is -2.61. The van der Waals surface area contributed by atoms with E-state index in [2.05, 4.69) is 9.97 Å². The molecule has 0 aliphatic carbocycles. The maximum atomic E-state index is 13.7. The zero-order chi connectivity index (χ0) is 19.4. The first-order valence-electron chi connectivity index (χ1n) is 7.88. The summed E-state index contributed by atoms with van der Waals surface area (Å²) >= 11 is 1.17. The van der Waals surface area contributed by atoms with Crippen LogP contribution < -0.4 is 4.74 Å². The van der Waals surface area contributed by atoms with Crippen LogP contribution in [0.1, 0.15) is 16.8 Å². The summed E-state index contributed by atoms with van der Waals surface area (Å²) in [5.41, 5.74) is 0.397. The van der Waals surface area contributed by atoms with Gasteiger partial charge >= 0.3 is 6.18 Å². The molecule has 0 saturated carbocycles. The van der Waals surface area contributed by atoms with Gasteiger partial charge in [-0.05, 0) is 30.7 Å². The van der Waals surface area contributed by atoms with E-state index < -0.39 is 17.6 Å². The number of rotatable bonds is 5. The Morgan fingerprint density at radius 1 is 1.00 bits per heavy atom. The number of ether oxygens (including phenoxy) is 1. The molecule has 0 aliphatic rings. The van der Waals surface area contributed by atoms with Gasteiger partial charge in [0.05, 0.1) is 5.56 Å². The van der Waals surface area contributed by atoms with E-state index in [1.807, 2.05) is 0 Å². The molecule has 0 unspecified atom stereocenters. The number of aromatic nitrogens is 2. The number of benzene rings is 2. The van der Waals surface area contributed by atoms with Crippen molar-refractivity contribution in [1.29, 1.82) is 0 Å². The van der Waals surface area contributed by atoms with Crippen molar-refractivity contribution in [2.24, 2.45) is 0 Å². The van der Waals surface area contributed by atoms with Gasteiger partial charge < -0.3 is 4.74 Å². The van der Waals surface area contributed by atoms with Gasteiger partial charge in [-0.15, -0.1) is 0 Å². The quantitative estimate of drug-likeness (QED) is 0.301. The fourth-order valence-electron chi connectivity index (χ4n) is 2.26. The highest BCUT2D eigenvalue weighted by Crippen LogP contribution is 2.31. The third-order valence-corrected chi connectivity index (χ3v) is 4.40. The van der Waals surface area contributed by atoms with Crippen molar-refractivity contribution in [2.45, 2.75) is 24.0 Å². The van der Waals surface area contributed by atoms with Gasteiger partial charge in [-0.25, -0.2) is 9.37 Å². The first-order valence-corrected chi connectivity index (χ1v) is 8.87. The summed E-state index contributed by atoms with van der Waals surface area (Å²) in [7, 11) is 0. The average Bonchev–Trinajstić information content (AvgIpc) is 2.61. The van der Waals surface area contributed by atoms with E-state index in [4.69, 9.17) is 4.74 Å². The monoisotopic (exact) mass is 394 g/mol.